The lowest BCUT2D eigenvalue weighted by atomic mass is 10.0. The highest BCUT2D eigenvalue weighted by Crippen LogP contribution is 2.41. The number of nitrogens with one attached hydrogen (secondary N) is 1. The summed E-state index contributed by atoms with van der Waals surface area (Å²) >= 11 is 6.04. The monoisotopic (exact) mass is 553 g/mol. The molecule has 0 fully saturated rings. The predicted molar refractivity (Wildman–Crippen MR) is 146 cm³/mol. The number of aromatic hydroxyl groups is 1. The fourth-order valence-corrected chi connectivity index (χ4v) is 4.93. The number of rotatable bonds is 8. The van der Waals surface area contributed by atoms with Crippen molar-refractivity contribution in [2.24, 2.45) is 10.2 Å². The maximum atomic E-state index is 13.2. The van der Waals surface area contributed by atoms with E-state index in [2.05, 4.69) is 15.5 Å². The number of hydrogen-bond donors (Lipinski definition) is 3. The third kappa shape index (κ3) is 5.77. The van der Waals surface area contributed by atoms with Gasteiger partial charge in [0.15, 0.2) is 5.75 Å². The Kier molecular flexibility index (Phi) is 7.96. The van der Waals surface area contributed by atoms with Crippen LogP contribution in [-0.4, -0.2) is 30.6 Å². The first-order valence-electron chi connectivity index (χ1n) is 11.6. The standard InChI is InChI=1S/C27H24ClN3O6S/c1-3-16-12-18(28)14-23(38(34,35)36)24(16)30-31-25-21-11-6-5-8-17(21)13-22(26(25)32)27(33)29-19-9-7-10-20(15-19)37-4-2/h5-15,32H,3-4H2,1-2H3,(H,29,33)(H,34,35,36). The summed E-state index contributed by atoms with van der Waals surface area (Å²) in [7, 11) is -4.68. The maximum absolute atomic E-state index is 13.2. The van der Waals surface area contributed by atoms with Gasteiger partial charge in [0, 0.05) is 22.2 Å². The number of azo groups is 1. The summed E-state index contributed by atoms with van der Waals surface area (Å²) in [6.45, 7) is 4.07. The molecule has 0 saturated heterocycles. The van der Waals surface area contributed by atoms with Crippen LogP contribution in [0, 0.1) is 0 Å². The number of phenolic OH excluding ortho intramolecular Hbond substituents is 1. The van der Waals surface area contributed by atoms with Crippen molar-refractivity contribution in [3.05, 3.63) is 82.9 Å². The molecule has 1 amide bonds. The molecule has 0 unspecified atom stereocenters. The Bertz CT molecular complexity index is 1670. The van der Waals surface area contributed by atoms with Gasteiger partial charge in [-0.3, -0.25) is 9.35 Å². The lowest BCUT2D eigenvalue weighted by Crippen LogP contribution is -2.12. The maximum Gasteiger partial charge on any atom is 0.296 e. The van der Waals surface area contributed by atoms with E-state index in [9.17, 15) is 22.9 Å². The number of phenols is 1. The molecule has 11 heteroatoms. The zero-order valence-corrected chi connectivity index (χ0v) is 22.0. The molecule has 9 nitrogen and oxygen atoms in total. The van der Waals surface area contributed by atoms with Gasteiger partial charge in [-0.05, 0) is 54.6 Å². The van der Waals surface area contributed by atoms with Crippen molar-refractivity contribution in [2.75, 3.05) is 11.9 Å². The molecule has 3 N–H and O–H groups in total. The Balaban J connectivity index is 1.83. The van der Waals surface area contributed by atoms with Crippen LogP contribution in [0.4, 0.5) is 17.1 Å². The van der Waals surface area contributed by atoms with Crippen molar-refractivity contribution in [3.8, 4) is 11.5 Å². The number of hydrogen-bond acceptors (Lipinski definition) is 7. The summed E-state index contributed by atoms with van der Waals surface area (Å²) in [6, 6.07) is 17.8. The zero-order chi connectivity index (χ0) is 27.4. The van der Waals surface area contributed by atoms with Crippen LogP contribution in [0.2, 0.25) is 5.02 Å². The molecule has 0 bridgehead atoms. The van der Waals surface area contributed by atoms with Crippen LogP contribution >= 0.6 is 11.6 Å². The second-order valence-corrected chi connectivity index (χ2v) is 10.0. The zero-order valence-electron chi connectivity index (χ0n) is 20.5. The van der Waals surface area contributed by atoms with Crippen LogP contribution in [-0.2, 0) is 16.5 Å². The molecule has 0 heterocycles. The average Bonchev–Trinajstić information content (AvgIpc) is 2.87. The van der Waals surface area contributed by atoms with Gasteiger partial charge in [-0.2, -0.15) is 8.42 Å². The summed E-state index contributed by atoms with van der Waals surface area (Å²) in [5, 5.41) is 23.3. The van der Waals surface area contributed by atoms with Crippen molar-refractivity contribution in [3.63, 3.8) is 0 Å². The fraction of sp³-hybridized carbons (Fsp3) is 0.148. The Labute approximate surface area is 224 Å². The van der Waals surface area contributed by atoms with Crippen molar-refractivity contribution < 1.29 is 27.6 Å². The Morgan fingerprint density at radius 3 is 2.45 bits per heavy atom. The van der Waals surface area contributed by atoms with Crippen LogP contribution < -0.4 is 10.1 Å². The molecule has 0 aliphatic rings. The Morgan fingerprint density at radius 1 is 1.00 bits per heavy atom. The van der Waals surface area contributed by atoms with Gasteiger partial charge in [0.1, 0.15) is 22.0 Å². The minimum atomic E-state index is -4.68. The molecule has 0 aromatic heterocycles. The normalized spacial score (nSPS) is 11.7. The van der Waals surface area contributed by atoms with Crippen molar-refractivity contribution in [1.82, 2.24) is 0 Å². The molecular weight excluding hydrogens is 530 g/mol. The molecule has 0 saturated carbocycles. The highest BCUT2D eigenvalue weighted by Gasteiger charge is 2.22. The molecule has 0 atom stereocenters. The molecule has 4 aromatic carbocycles. The van der Waals surface area contributed by atoms with Gasteiger partial charge >= 0.3 is 0 Å². The first kappa shape index (κ1) is 27.1. The second kappa shape index (κ2) is 11.2. The minimum absolute atomic E-state index is 0.0467. The van der Waals surface area contributed by atoms with Crippen molar-refractivity contribution in [1.29, 1.82) is 0 Å². The van der Waals surface area contributed by atoms with Gasteiger partial charge in [0.25, 0.3) is 16.0 Å². The quantitative estimate of drug-likeness (QED) is 0.157. The number of carbonyl (C=O) groups excluding carboxylic acids is 1. The fourth-order valence-electron chi connectivity index (χ4n) is 3.93. The average molecular weight is 554 g/mol. The molecular formula is C27H24ClN3O6S. The van der Waals surface area contributed by atoms with E-state index < -0.39 is 26.7 Å². The van der Waals surface area contributed by atoms with E-state index >= 15 is 0 Å². The van der Waals surface area contributed by atoms with Gasteiger partial charge in [-0.15, -0.1) is 10.2 Å². The van der Waals surface area contributed by atoms with Gasteiger partial charge < -0.3 is 15.2 Å². The SMILES string of the molecule is CCOc1cccc(NC(=O)c2cc3ccccc3c(N=Nc3c(CC)cc(Cl)cc3S(=O)(=O)O)c2O)c1. The smallest absolute Gasteiger partial charge is 0.296 e. The van der Waals surface area contributed by atoms with E-state index in [1.165, 1.54) is 12.1 Å². The highest BCUT2D eigenvalue weighted by atomic mass is 35.5. The van der Waals surface area contributed by atoms with E-state index in [1.54, 1.807) is 55.5 Å². The second-order valence-electron chi connectivity index (χ2n) is 8.20. The number of fused-ring (bicyclic) bond motifs is 1. The first-order valence-corrected chi connectivity index (χ1v) is 13.4. The summed E-state index contributed by atoms with van der Waals surface area (Å²) < 4.78 is 39.3. The van der Waals surface area contributed by atoms with Gasteiger partial charge in [-0.1, -0.05) is 48.9 Å². The summed E-state index contributed by atoms with van der Waals surface area (Å²) in [4.78, 5) is 12.7. The number of benzene rings is 4. The number of ether oxygens (including phenoxy) is 1. The molecule has 0 radical (unpaired) electrons. The summed E-state index contributed by atoms with van der Waals surface area (Å²) in [5.41, 5.74) is 0.644. The largest absolute Gasteiger partial charge is 0.505 e. The number of halogens is 1. The van der Waals surface area contributed by atoms with E-state index in [4.69, 9.17) is 16.3 Å². The van der Waals surface area contributed by atoms with Crippen molar-refractivity contribution in [2.45, 2.75) is 25.2 Å². The van der Waals surface area contributed by atoms with E-state index in [1.807, 2.05) is 6.92 Å². The number of anilines is 1. The van der Waals surface area contributed by atoms with E-state index in [-0.39, 0.29) is 22.0 Å². The summed E-state index contributed by atoms with van der Waals surface area (Å²) in [6.07, 6.45) is 0.341. The third-order valence-electron chi connectivity index (χ3n) is 5.67. The number of nitrogens with zero attached hydrogens (tertiary/aromatic N) is 2. The lowest BCUT2D eigenvalue weighted by molar-refractivity contribution is 0.102. The Hall–Kier alpha value is -3.99. The van der Waals surface area contributed by atoms with E-state index in [0.29, 0.717) is 40.8 Å². The van der Waals surface area contributed by atoms with Crippen molar-refractivity contribution >= 4 is 55.5 Å². The summed E-state index contributed by atoms with van der Waals surface area (Å²) in [5.74, 6) is -0.476. The third-order valence-corrected chi connectivity index (χ3v) is 6.76. The van der Waals surface area contributed by atoms with Crippen LogP contribution in [0.1, 0.15) is 29.8 Å². The number of aryl methyl sites for hydroxylation is 1. The minimum Gasteiger partial charge on any atom is -0.505 e. The Morgan fingerprint density at radius 2 is 1.74 bits per heavy atom. The molecule has 0 spiro atoms. The van der Waals surface area contributed by atoms with Crippen LogP contribution in [0.25, 0.3) is 10.8 Å². The molecule has 4 rings (SSSR count). The molecule has 0 aliphatic heterocycles. The molecule has 0 aliphatic carbocycles. The van der Waals surface area contributed by atoms with Crippen LogP contribution in [0.5, 0.6) is 11.5 Å². The van der Waals surface area contributed by atoms with Gasteiger partial charge in [0.05, 0.1) is 12.2 Å². The molecule has 38 heavy (non-hydrogen) atoms. The first-order chi connectivity index (χ1) is 18.1. The van der Waals surface area contributed by atoms with Crippen LogP contribution in [0.3, 0.4) is 0 Å². The molecule has 196 valence electrons. The number of carbonyl (C=O) groups is 1. The predicted octanol–water partition coefficient (Wildman–Crippen LogP) is 7.07. The topological polar surface area (TPSA) is 138 Å². The lowest BCUT2D eigenvalue weighted by Gasteiger charge is -2.12. The molecule has 4 aromatic rings. The van der Waals surface area contributed by atoms with E-state index in [0.717, 1.165) is 6.07 Å². The van der Waals surface area contributed by atoms with Gasteiger partial charge in [-0.25, -0.2) is 0 Å². The highest BCUT2D eigenvalue weighted by molar-refractivity contribution is 7.86. The number of amides is 1. The van der Waals surface area contributed by atoms with Crippen LogP contribution in [0.15, 0.2) is 81.9 Å². The van der Waals surface area contributed by atoms with Gasteiger partial charge in [0.2, 0.25) is 0 Å².